The molecule has 5 nitrogen and oxygen atoms in total. The third-order valence-corrected chi connectivity index (χ3v) is 4.21. The number of aromatic nitrogens is 1. The van der Waals surface area contributed by atoms with Crippen molar-refractivity contribution in [1.29, 1.82) is 0 Å². The minimum atomic E-state index is -0.540. The average molecular weight is 363 g/mol. The van der Waals surface area contributed by atoms with Crippen LogP contribution < -0.4 is 5.76 Å². The molecule has 7 heteroatoms. The maximum atomic E-state index is 13.7. The van der Waals surface area contributed by atoms with Gasteiger partial charge in [0.25, 0.3) is 0 Å². The van der Waals surface area contributed by atoms with Gasteiger partial charge in [-0.3, -0.25) is 9.36 Å². The van der Waals surface area contributed by atoms with E-state index in [0.717, 1.165) is 0 Å². The van der Waals surface area contributed by atoms with E-state index in [-0.39, 0.29) is 31.2 Å². The number of amides is 1. The highest BCUT2D eigenvalue weighted by molar-refractivity contribution is 6.31. The average Bonchev–Trinajstić information content (AvgIpc) is 2.88. The lowest BCUT2D eigenvalue weighted by Gasteiger charge is -2.17. The lowest BCUT2D eigenvalue weighted by molar-refractivity contribution is -0.130. The van der Waals surface area contributed by atoms with Crippen LogP contribution in [0.15, 0.2) is 51.7 Å². The molecule has 25 heavy (non-hydrogen) atoms. The highest BCUT2D eigenvalue weighted by Crippen LogP contribution is 2.18. The molecule has 0 spiro atoms. The van der Waals surface area contributed by atoms with Crippen LogP contribution in [0, 0.1) is 5.82 Å². The molecular formula is C18H16ClFN2O3. The third-order valence-electron chi connectivity index (χ3n) is 3.97. The first-order valence-corrected chi connectivity index (χ1v) is 8.10. The fourth-order valence-electron chi connectivity index (χ4n) is 2.62. The van der Waals surface area contributed by atoms with E-state index in [4.69, 9.17) is 16.0 Å². The number of fused-ring (bicyclic) bond motifs is 1. The molecule has 1 heterocycles. The number of rotatable bonds is 5. The summed E-state index contributed by atoms with van der Waals surface area (Å²) in [5.74, 6) is -1.09. The number of carbonyl (C=O) groups excluding carboxylic acids is 1. The number of halogens is 2. The summed E-state index contributed by atoms with van der Waals surface area (Å²) in [7, 11) is 1.60. The molecule has 0 aliphatic heterocycles. The van der Waals surface area contributed by atoms with Crippen LogP contribution in [0.25, 0.3) is 11.1 Å². The summed E-state index contributed by atoms with van der Waals surface area (Å²) >= 11 is 5.88. The molecule has 0 radical (unpaired) electrons. The van der Waals surface area contributed by atoms with E-state index in [0.29, 0.717) is 21.7 Å². The maximum absolute atomic E-state index is 13.7. The van der Waals surface area contributed by atoms with Gasteiger partial charge in [-0.2, -0.15) is 0 Å². The Morgan fingerprint density at radius 3 is 2.80 bits per heavy atom. The molecule has 0 saturated carbocycles. The van der Waals surface area contributed by atoms with Crippen molar-refractivity contribution in [3.8, 4) is 0 Å². The Bertz CT molecular complexity index is 980. The molecule has 0 saturated heterocycles. The normalized spacial score (nSPS) is 11.0. The molecule has 3 rings (SSSR count). The van der Waals surface area contributed by atoms with Crippen LogP contribution in [0.2, 0.25) is 5.02 Å². The largest absolute Gasteiger partial charge is 0.419 e. The first kappa shape index (κ1) is 17.2. The van der Waals surface area contributed by atoms with Gasteiger partial charge in [-0.25, -0.2) is 9.18 Å². The first-order chi connectivity index (χ1) is 12.0. The predicted octanol–water partition coefficient (Wildman–Crippen LogP) is 3.44. The van der Waals surface area contributed by atoms with E-state index < -0.39 is 5.76 Å². The molecule has 2 aromatic carbocycles. The second kappa shape index (κ2) is 7.11. The smallest absolute Gasteiger partial charge is 0.408 e. The van der Waals surface area contributed by atoms with E-state index in [1.54, 1.807) is 43.4 Å². The number of hydrogen-bond donors (Lipinski definition) is 0. The topological polar surface area (TPSA) is 55.5 Å². The number of benzene rings is 2. The fourth-order valence-corrected chi connectivity index (χ4v) is 2.78. The predicted molar refractivity (Wildman–Crippen MR) is 93.0 cm³/mol. The van der Waals surface area contributed by atoms with Crippen LogP contribution in [0.1, 0.15) is 12.0 Å². The summed E-state index contributed by atoms with van der Waals surface area (Å²) in [6.45, 7) is 0.343. The second-order valence-corrected chi connectivity index (χ2v) is 6.16. The molecule has 0 atom stereocenters. The summed E-state index contributed by atoms with van der Waals surface area (Å²) in [6, 6.07) is 11.2. The quantitative estimate of drug-likeness (QED) is 0.698. The Morgan fingerprint density at radius 1 is 1.28 bits per heavy atom. The molecule has 1 aromatic heterocycles. The number of carbonyl (C=O) groups is 1. The molecule has 1 amide bonds. The second-order valence-electron chi connectivity index (χ2n) is 5.72. The van der Waals surface area contributed by atoms with E-state index >= 15 is 0 Å². The van der Waals surface area contributed by atoms with E-state index in [2.05, 4.69) is 0 Å². The maximum Gasteiger partial charge on any atom is 0.419 e. The van der Waals surface area contributed by atoms with Gasteiger partial charge < -0.3 is 9.32 Å². The Hall–Kier alpha value is -2.60. The van der Waals surface area contributed by atoms with Crippen molar-refractivity contribution in [2.45, 2.75) is 19.5 Å². The van der Waals surface area contributed by atoms with E-state index in [1.165, 1.54) is 15.5 Å². The molecule has 0 fully saturated rings. The monoisotopic (exact) mass is 362 g/mol. The summed E-state index contributed by atoms with van der Waals surface area (Å²) in [5, 5.41) is 0.467. The number of nitrogens with zero attached hydrogens (tertiary/aromatic N) is 2. The highest BCUT2D eigenvalue weighted by atomic mass is 35.5. The van der Waals surface area contributed by atoms with Crippen molar-refractivity contribution in [1.82, 2.24) is 9.47 Å². The van der Waals surface area contributed by atoms with Crippen molar-refractivity contribution < 1.29 is 13.6 Å². The van der Waals surface area contributed by atoms with Gasteiger partial charge in [0.1, 0.15) is 5.82 Å². The lowest BCUT2D eigenvalue weighted by atomic mass is 10.2. The molecule has 0 N–H and O–H groups in total. The van der Waals surface area contributed by atoms with Crippen LogP contribution >= 0.6 is 11.6 Å². The van der Waals surface area contributed by atoms with Crippen LogP contribution in [0.4, 0.5) is 4.39 Å². The van der Waals surface area contributed by atoms with E-state index in [9.17, 15) is 14.0 Å². The lowest BCUT2D eigenvalue weighted by Crippen LogP contribution is -2.28. The Labute approximate surface area is 148 Å². The van der Waals surface area contributed by atoms with Crippen LogP contribution in [0.3, 0.4) is 0 Å². The Balaban J connectivity index is 1.69. The van der Waals surface area contributed by atoms with Crippen LogP contribution in [-0.2, 0) is 17.9 Å². The van der Waals surface area contributed by atoms with Gasteiger partial charge in [-0.15, -0.1) is 0 Å². The van der Waals surface area contributed by atoms with Crippen LogP contribution in [0.5, 0.6) is 0 Å². The SMILES string of the molecule is CN(Cc1ccccc1F)C(=O)CCn1c(=O)oc2cc(Cl)ccc21. The zero-order valence-electron chi connectivity index (χ0n) is 13.5. The molecule has 0 aliphatic rings. The molecule has 0 unspecified atom stereocenters. The Morgan fingerprint density at radius 2 is 2.04 bits per heavy atom. The summed E-state index contributed by atoms with van der Waals surface area (Å²) in [4.78, 5) is 25.7. The standard InChI is InChI=1S/C18H16ClFN2O3/c1-21(11-12-4-2-3-5-14(12)20)17(23)8-9-22-15-7-6-13(19)10-16(15)25-18(22)24/h2-7,10H,8-9,11H2,1H3. The van der Waals surface area contributed by atoms with Crippen molar-refractivity contribution in [3.63, 3.8) is 0 Å². The minimum absolute atomic E-state index is 0.0993. The summed E-state index contributed by atoms with van der Waals surface area (Å²) in [5.41, 5.74) is 1.41. The number of oxazole rings is 1. The molecule has 0 bridgehead atoms. The van der Waals surface area contributed by atoms with Crippen molar-refractivity contribution in [2.24, 2.45) is 0 Å². The summed E-state index contributed by atoms with van der Waals surface area (Å²) < 4.78 is 20.2. The van der Waals surface area contributed by atoms with Gasteiger partial charge in [-0.05, 0) is 18.2 Å². The van der Waals surface area contributed by atoms with Crippen LogP contribution in [-0.4, -0.2) is 22.4 Å². The van der Waals surface area contributed by atoms with E-state index in [1.807, 2.05) is 0 Å². The van der Waals surface area contributed by atoms with Crippen molar-refractivity contribution in [2.75, 3.05) is 7.05 Å². The Kier molecular flexibility index (Phi) is 4.90. The van der Waals surface area contributed by atoms with Gasteiger partial charge in [-0.1, -0.05) is 29.8 Å². The van der Waals surface area contributed by atoms with Crippen molar-refractivity contribution >= 4 is 28.6 Å². The summed E-state index contributed by atoms with van der Waals surface area (Å²) in [6.07, 6.45) is 0.0993. The fraction of sp³-hybridized carbons (Fsp3) is 0.222. The minimum Gasteiger partial charge on any atom is -0.408 e. The van der Waals surface area contributed by atoms with Crippen molar-refractivity contribution in [3.05, 3.63) is 69.4 Å². The van der Waals surface area contributed by atoms with Gasteiger partial charge in [0.15, 0.2) is 5.58 Å². The molecule has 130 valence electrons. The zero-order valence-corrected chi connectivity index (χ0v) is 14.3. The number of aryl methyl sites for hydroxylation is 1. The first-order valence-electron chi connectivity index (χ1n) is 7.72. The molecular weight excluding hydrogens is 347 g/mol. The highest BCUT2D eigenvalue weighted by Gasteiger charge is 2.15. The van der Waals surface area contributed by atoms with Gasteiger partial charge in [0, 0.05) is 43.2 Å². The molecule has 3 aromatic rings. The van der Waals surface area contributed by atoms with Gasteiger partial charge >= 0.3 is 5.76 Å². The van der Waals surface area contributed by atoms with Gasteiger partial charge in [0.05, 0.1) is 5.52 Å². The van der Waals surface area contributed by atoms with Gasteiger partial charge in [0.2, 0.25) is 5.91 Å². The third kappa shape index (κ3) is 3.74. The number of hydrogen-bond acceptors (Lipinski definition) is 3. The zero-order chi connectivity index (χ0) is 18.0. The molecule has 0 aliphatic carbocycles.